The van der Waals surface area contributed by atoms with Gasteiger partial charge in [-0.25, -0.2) is 0 Å². The van der Waals surface area contributed by atoms with Gasteiger partial charge in [0.1, 0.15) is 18.1 Å². The van der Waals surface area contributed by atoms with E-state index in [1.165, 1.54) is 7.11 Å². The molecule has 0 aliphatic carbocycles. The normalized spacial score (nSPS) is 9.84. The van der Waals surface area contributed by atoms with Crippen LogP contribution in [0.1, 0.15) is 17.3 Å². The first-order chi connectivity index (χ1) is 12.0. The lowest BCUT2D eigenvalue weighted by Gasteiger charge is -2.12. The number of nitrogens with one attached hydrogen (secondary N) is 2. The lowest BCUT2D eigenvalue weighted by Crippen LogP contribution is -2.34. The van der Waals surface area contributed by atoms with E-state index in [-0.39, 0.29) is 11.0 Å². The summed E-state index contributed by atoms with van der Waals surface area (Å²) in [6.07, 6.45) is 0. The van der Waals surface area contributed by atoms with E-state index in [1.807, 2.05) is 25.1 Å². The van der Waals surface area contributed by atoms with Gasteiger partial charge in [0, 0.05) is 11.8 Å². The second kappa shape index (κ2) is 8.84. The monoisotopic (exact) mass is 356 g/mol. The molecule has 0 aliphatic heterocycles. The van der Waals surface area contributed by atoms with Gasteiger partial charge >= 0.3 is 0 Å². The third kappa shape index (κ3) is 5.61. The van der Waals surface area contributed by atoms with E-state index in [2.05, 4.69) is 17.2 Å². The van der Waals surface area contributed by atoms with Crippen molar-refractivity contribution < 1.29 is 14.3 Å². The number of carbonyl (C=O) groups excluding carboxylic acids is 1. The SMILES string of the molecule is C=C(C)COc1cccc(NC(=S)NC(=O)c2ccccc2OC)c1. The Balaban J connectivity index is 1.99. The van der Waals surface area contributed by atoms with E-state index in [0.29, 0.717) is 29.4 Å². The van der Waals surface area contributed by atoms with Crippen LogP contribution in [0.15, 0.2) is 60.7 Å². The number of methoxy groups -OCH3 is 1. The van der Waals surface area contributed by atoms with Crippen molar-refractivity contribution in [3.8, 4) is 11.5 Å². The average molecular weight is 356 g/mol. The third-order valence-corrected chi connectivity index (χ3v) is 3.36. The Hall–Kier alpha value is -2.86. The van der Waals surface area contributed by atoms with E-state index in [9.17, 15) is 4.79 Å². The first kappa shape index (κ1) is 18.5. The van der Waals surface area contributed by atoms with Crippen LogP contribution < -0.4 is 20.1 Å². The maximum Gasteiger partial charge on any atom is 0.261 e. The molecule has 0 atom stereocenters. The second-order valence-corrected chi connectivity index (χ2v) is 5.79. The van der Waals surface area contributed by atoms with Crippen LogP contribution in [0.5, 0.6) is 11.5 Å². The summed E-state index contributed by atoms with van der Waals surface area (Å²) in [7, 11) is 1.51. The van der Waals surface area contributed by atoms with E-state index in [4.69, 9.17) is 21.7 Å². The van der Waals surface area contributed by atoms with Crippen LogP contribution in [0.25, 0.3) is 0 Å². The number of anilines is 1. The number of carbonyl (C=O) groups is 1. The number of hydrogen-bond acceptors (Lipinski definition) is 4. The highest BCUT2D eigenvalue weighted by Crippen LogP contribution is 2.19. The molecule has 25 heavy (non-hydrogen) atoms. The van der Waals surface area contributed by atoms with Crippen molar-refractivity contribution in [2.45, 2.75) is 6.92 Å². The van der Waals surface area contributed by atoms with Gasteiger partial charge in [0.15, 0.2) is 5.11 Å². The molecule has 0 fully saturated rings. The van der Waals surface area contributed by atoms with Gasteiger partial charge in [-0.05, 0) is 49.0 Å². The summed E-state index contributed by atoms with van der Waals surface area (Å²) in [5.74, 6) is 0.828. The summed E-state index contributed by atoms with van der Waals surface area (Å²) in [5, 5.41) is 5.79. The topological polar surface area (TPSA) is 59.6 Å². The number of ether oxygens (including phenoxy) is 2. The molecular weight excluding hydrogens is 336 g/mol. The van der Waals surface area contributed by atoms with Crippen LogP contribution in [0.4, 0.5) is 5.69 Å². The molecule has 0 heterocycles. The summed E-state index contributed by atoms with van der Waals surface area (Å²) in [5.41, 5.74) is 2.05. The number of hydrogen-bond donors (Lipinski definition) is 2. The number of thiocarbonyl (C=S) groups is 1. The predicted octanol–water partition coefficient (Wildman–Crippen LogP) is 3.78. The van der Waals surface area contributed by atoms with Crippen molar-refractivity contribution in [3.63, 3.8) is 0 Å². The highest BCUT2D eigenvalue weighted by molar-refractivity contribution is 7.80. The molecule has 130 valence electrons. The fraction of sp³-hybridized carbons (Fsp3) is 0.158. The molecule has 0 aliphatic rings. The lowest BCUT2D eigenvalue weighted by atomic mass is 10.2. The van der Waals surface area contributed by atoms with Gasteiger partial charge < -0.3 is 14.8 Å². The van der Waals surface area contributed by atoms with Crippen LogP contribution in [-0.2, 0) is 0 Å². The molecule has 0 spiro atoms. The van der Waals surface area contributed by atoms with Gasteiger partial charge in [0.2, 0.25) is 0 Å². The molecule has 0 aromatic heterocycles. The van der Waals surface area contributed by atoms with Gasteiger partial charge in [-0.1, -0.05) is 24.8 Å². The van der Waals surface area contributed by atoms with E-state index < -0.39 is 0 Å². The minimum atomic E-state index is -0.343. The zero-order valence-corrected chi connectivity index (χ0v) is 15.0. The summed E-state index contributed by atoms with van der Waals surface area (Å²) < 4.78 is 10.8. The zero-order chi connectivity index (χ0) is 18.2. The second-order valence-electron chi connectivity index (χ2n) is 5.38. The molecule has 2 N–H and O–H groups in total. The van der Waals surface area contributed by atoms with Crippen molar-refractivity contribution >= 4 is 28.9 Å². The Morgan fingerprint density at radius 1 is 1.20 bits per heavy atom. The minimum Gasteiger partial charge on any atom is -0.496 e. The maximum absolute atomic E-state index is 12.3. The van der Waals surface area contributed by atoms with Gasteiger partial charge in [0.05, 0.1) is 12.7 Å². The van der Waals surface area contributed by atoms with Crippen molar-refractivity contribution in [1.29, 1.82) is 0 Å². The highest BCUT2D eigenvalue weighted by atomic mass is 32.1. The Bertz CT molecular complexity index is 790. The Labute approximate surface area is 152 Å². The third-order valence-electron chi connectivity index (χ3n) is 3.16. The van der Waals surface area contributed by atoms with E-state index >= 15 is 0 Å². The smallest absolute Gasteiger partial charge is 0.261 e. The van der Waals surface area contributed by atoms with Crippen molar-refractivity contribution in [2.24, 2.45) is 0 Å². The summed E-state index contributed by atoms with van der Waals surface area (Å²) in [6.45, 7) is 6.13. The van der Waals surface area contributed by atoms with Crippen LogP contribution >= 0.6 is 12.2 Å². The largest absolute Gasteiger partial charge is 0.496 e. The van der Waals surface area contributed by atoms with Gasteiger partial charge in [-0.15, -0.1) is 0 Å². The molecule has 1 amide bonds. The number of benzene rings is 2. The fourth-order valence-corrected chi connectivity index (χ4v) is 2.25. The summed E-state index contributed by atoms with van der Waals surface area (Å²) >= 11 is 5.20. The molecule has 6 heteroatoms. The molecule has 0 radical (unpaired) electrons. The van der Waals surface area contributed by atoms with Gasteiger partial charge in [-0.3, -0.25) is 10.1 Å². The number of para-hydroxylation sites is 1. The summed E-state index contributed by atoms with van der Waals surface area (Å²) in [4.78, 5) is 12.3. The first-order valence-electron chi connectivity index (χ1n) is 7.62. The Morgan fingerprint density at radius 3 is 2.68 bits per heavy atom. The van der Waals surface area contributed by atoms with E-state index in [0.717, 1.165) is 5.57 Å². The van der Waals surface area contributed by atoms with E-state index in [1.54, 1.807) is 30.3 Å². The quantitative estimate of drug-likeness (QED) is 0.609. The van der Waals surface area contributed by atoms with Crippen LogP contribution in [0.2, 0.25) is 0 Å². The Kier molecular flexibility index (Phi) is 6.54. The van der Waals surface area contributed by atoms with Crippen LogP contribution in [0, 0.1) is 0 Å². The number of rotatable bonds is 6. The lowest BCUT2D eigenvalue weighted by molar-refractivity contribution is 0.0975. The molecule has 0 bridgehead atoms. The Morgan fingerprint density at radius 2 is 1.96 bits per heavy atom. The van der Waals surface area contributed by atoms with Crippen molar-refractivity contribution in [2.75, 3.05) is 19.0 Å². The van der Waals surface area contributed by atoms with Crippen molar-refractivity contribution in [3.05, 3.63) is 66.2 Å². The molecule has 2 aromatic carbocycles. The molecule has 5 nitrogen and oxygen atoms in total. The average Bonchev–Trinajstić information content (AvgIpc) is 2.60. The minimum absolute atomic E-state index is 0.188. The molecule has 2 aromatic rings. The fourth-order valence-electron chi connectivity index (χ4n) is 2.04. The molecule has 0 saturated heterocycles. The standard InChI is InChI=1S/C19H20N2O3S/c1-13(2)12-24-15-8-6-7-14(11-15)20-19(25)21-18(22)16-9-4-5-10-17(16)23-3/h4-11H,1,12H2,2-3H3,(H2,20,21,22,25). The number of amides is 1. The van der Waals surface area contributed by atoms with Gasteiger partial charge in [0.25, 0.3) is 5.91 Å². The van der Waals surface area contributed by atoms with Crippen LogP contribution in [-0.4, -0.2) is 24.7 Å². The van der Waals surface area contributed by atoms with Crippen molar-refractivity contribution in [1.82, 2.24) is 5.32 Å². The predicted molar refractivity (Wildman–Crippen MR) is 103 cm³/mol. The maximum atomic E-state index is 12.3. The molecular formula is C19H20N2O3S. The molecule has 0 unspecified atom stereocenters. The van der Waals surface area contributed by atoms with Gasteiger partial charge in [-0.2, -0.15) is 0 Å². The summed E-state index contributed by atoms with van der Waals surface area (Å²) in [6, 6.07) is 14.2. The zero-order valence-electron chi connectivity index (χ0n) is 14.2. The molecule has 2 rings (SSSR count). The van der Waals surface area contributed by atoms with Crippen LogP contribution in [0.3, 0.4) is 0 Å². The molecule has 0 saturated carbocycles. The first-order valence-corrected chi connectivity index (χ1v) is 8.03. The highest BCUT2D eigenvalue weighted by Gasteiger charge is 2.13.